The predicted molar refractivity (Wildman–Crippen MR) is 64.7 cm³/mol. The molecule has 17 heavy (non-hydrogen) atoms. The lowest BCUT2D eigenvalue weighted by molar-refractivity contribution is 0.0594. The minimum Gasteiger partial charge on any atom is -0.464 e. The monoisotopic (exact) mass is 230 g/mol. The van der Waals surface area contributed by atoms with Crippen molar-refractivity contribution in [1.82, 2.24) is 9.55 Å². The minimum absolute atomic E-state index is 0.325. The zero-order valence-corrected chi connectivity index (χ0v) is 10.1. The molecule has 1 aromatic carbocycles. The molecule has 0 fully saturated rings. The molecular weight excluding hydrogens is 216 g/mol. The van der Waals surface area contributed by atoms with Gasteiger partial charge in [-0.15, -0.1) is 0 Å². The smallest absolute Gasteiger partial charge is 0.358 e. The lowest BCUT2D eigenvalue weighted by Crippen LogP contribution is -2.00. The van der Waals surface area contributed by atoms with Gasteiger partial charge in [-0.25, -0.2) is 9.78 Å². The van der Waals surface area contributed by atoms with Crippen LogP contribution in [-0.2, 0) is 11.8 Å². The molecule has 1 aromatic heterocycles. The van der Waals surface area contributed by atoms with E-state index in [9.17, 15) is 4.79 Å². The third-order valence-electron chi connectivity index (χ3n) is 2.58. The van der Waals surface area contributed by atoms with Crippen LogP contribution >= 0.6 is 0 Å². The fraction of sp³-hybridized carbons (Fsp3) is 0.231. The molecule has 4 heteroatoms. The van der Waals surface area contributed by atoms with Gasteiger partial charge in [-0.3, -0.25) is 0 Å². The number of aromatic nitrogens is 2. The van der Waals surface area contributed by atoms with Gasteiger partial charge in [0.2, 0.25) is 0 Å². The molecule has 0 saturated carbocycles. The molecule has 0 N–H and O–H groups in total. The van der Waals surface area contributed by atoms with E-state index >= 15 is 0 Å². The highest BCUT2D eigenvalue weighted by Crippen LogP contribution is 2.18. The van der Waals surface area contributed by atoms with E-state index in [0.29, 0.717) is 5.69 Å². The molecule has 0 bridgehead atoms. The summed E-state index contributed by atoms with van der Waals surface area (Å²) in [7, 11) is 3.21. The average molecular weight is 230 g/mol. The maximum Gasteiger partial charge on any atom is 0.358 e. The van der Waals surface area contributed by atoms with Crippen molar-refractivity contribution in [2.75, 3.05) is 7.11 Å². The second-order valence-corrected chi connectivity index (χ2v) is 3.92. The molecule has 0 radical (unpaired) electrons. The summed E-state index contributed by atoms with van der Waals surface area (Å²) in [5.41, 5.74) is 2.50. The number of methoxy groups -OCH3 is 1. The van der Waals surface area contributed by atoms with Gasteiger partial charge in [0.05, 0.1) is 7.11 Å². The van der Waals surface area contributed by atoms with E-state index in [1.165, 1.54) is 12.7 Å². The number of carbonyl (C=O) groups excluding carboxylic acids is 1. The fourth-order valence-corrected chi connectivity index (χ4v) is 1.64. The van der Waals surface area contributed by atoms with E-state index < -0.39 is 5.97 Å². The van der Waals surface area contributed by atoms with Crippen LogP contribution in [0.1, 0.15) is 16.1 Å². The number of nitrogens with zero attached hydrogens (tertiary/aromatic N) is 2. The Labute approximate surface area is 99.9 Å². The number of carbonyl (C=O) groups is 1. The largest absolute Gasteiger partial charge is 0.464 e. The van der Waals surface area contributed by atoms with Crippen LogP contribution in [0, 0.1) is 6.92 Å². The Hall–Kier alpha value is -2.10. The quantitative estimate of drug-likeness (QED) is 0.743. The van der Waals surface area contributed by atoms with Crippen molar-refractivity contribution in [2.45, 2.75) is 6.92 Å². The molecule has 1 heterocycles. The summed E-state index contributed by atoms with van der Waals surface area (Å²) in [5, 5.41) is 0. The van der Waals surface area contributed by atoms with Gasteiger partial charge in [-0.05, 0) is 6.92 Å². The normalized spacial score (nSPS) is 10.3. The van der Waals surface area contributed by atoms with Crippen LogP contribution < -0.4 is 0 Å². The van der Waals surface area contributed by atoms with Gasteiger partial charge in [-0.1, -0.05) is 29.8 Å². The number of rotatable bonds is 2. The first-order chi connectivity index (χ1) is 8.11. The first-order valence-corrected chi connectivity index (χ1v) is 5.30. The SMILES string of the molecule is COC(=O)c1cn(C)c(-c2ccc(C)cc2)n1. The van der Waals surface area contributed by atoms with Gasteiger partial charge in [0.25, 0.3) is 0 Å². The first kappa shape index (κ1) is 11.4. The molecule has 2 aromatic rings. The molecule has 0 unspecified atom stereocenters. The summed E-state index contributed by atoms with van der Waals surface area (Å²) < 4.78 is 6.46. The average Bonchev–Trinajstić information content (AvgIpc) is 2.71. The third-order valence-corrected chi connectivity index (χ3v) is 2.58. The molecule has 0 aliphatic carbocycles. The zero-order chi connectivity index (χ0) is 12.4. The molecule has 0 aliphatic heterocycles. The number of hydrogen-bond acceptors (Lipinski definition) is 3. The molecule has 0 aliphatic rings. The lowest BCUT2D eigenvalue weighted by atomic mass is 10.1. The van der Waals surface area contributed by atoms with Crippen LogP contribution in [0.5, 0.6) is 0 Å². The summed E-state index contributed by atoms with van der Waals surface area (Å²) >= 11 is 0. The maximum atomic E-state index is 11.4. The van der Waals surface area contributed by atoms with Crippen molar-refractivity contribution >= 4 is 5.97 Å². The van der Waals surface area contributed by atoms with Crippen molar-refractivity contribution in [3.05, 3.63) is 41.7 Å². The third kappa shape index (κ3) is 2.20. The van der Waals surface area contributed by atoms with Gasteiger partial charge in [0, 0.05) is 18.8 Å². The first-order valence-electron chi connectivity index (χ1n) is 5.30. The molecule has 0 atom stereocenters. The second-order valence-electron chi connectivity index (χ2n) is 3.92. The Balaban J connectivity index is 2.42. The van der Waals surface area contributed by atoms with E-state index in [4.69, 9.17) is 0 Å². The van der Waals surface area contributed by atoms with Gasteiger partial charge < -0.3 is 9.30 Å². The van der Waals surface area contributed by atoms with E-state index in [1.807, 2.05) is 42.8 Å². The van der Waals surface area contributed by atoms with Crippen molar-refractivity contribution in [3.8, 4) is 11.4 Å². The molecule has 88 valence electrons. The van der Waals surface area contributed by atoms with Crippen LogP contribution in [0.25, 0.3) is 11.4 Å². The summed E-state index contributed by atoms with van der Waals surface area (Å²) in [6, 6.07) is 8.00. The Morgan fingerprint density at radius 3 is 2.53 bits per heavy atom. The highest BCUT2D eigenvalue weighted by Gasteiger charge is 2.13. The van der Waals surface area contributed by atoms with Crippen molar-refractivity contribution in [1.29, 1.82) is 0 Å². The van der Waals surface area contributed by atoms with Gasteiger partial charge >= 0.3 is 5.97 Å². The van der Waals surface area contributed by atoms with Gasteiger partial charge in [-0.2, -0.15) is 0 Å². The number of ether oxygens (including phenoxy) is 1. The second kappa shape index (κ2) is 4.41. The predicted octanol–water partition coefficient (Wildman–Crippen LogP) is 2.18. The maximum absolute atomic E-state index is 11.4. The van der Waals surface area contributed by atoms with Crippen LogP contribution in [0.3, 0.4) is 0 Å². The van der Waals surface area contributed by atoms with E-state index in [0.717, 1.165) is 11.4 Å². The summed E-state index contributed by atoms with van der Waals surface area (Å²) in [6.45, 7) is 2.03. The molecular formula is C13H14N2O2. The van der Waals surface area contributed by atoms with Crippen LogP contribution in [0.2, 0.25) is 0 Å². The highest BCUT2D eigenvalue weighted by atomic mass is 16.5. The van der Waals surface area contributed by atoms with E-state index in [-0.39, 0.29) is 0 Å². The molecule has 0 amide bonds. The Morgan fingerprint density at radius 2 is 1.94 bits per heavy atom. The van der Waals surface area contributed by atoms with Gasteiger partial charge in [0.1, 0.15) is 5.82 Å². The van der Waals surface area contributed by atoms with Crippen molar-refractivity contribution < 1.29 is 9.53 Å². The Morgan fingerprint density at radius 1 is 1.29 bits per heavy atom. The van der Waals surface area contributed by atoms with Crippen LogP contribution in [0.4, 0.5) is 0 Å². The summed E-state index contributed by atoms with van der Waals surface area (Å²) in [5.74, 6) is 0.337. The van der Waals surface area contributed by atoms with Crippen LogP contribution in [0.15, 0.2) is 30.5 Å². The standard InChI is InChI=1S/C13H14N2O2/c1-9-4-6-10(7-5-9)12-14-11(8-15(12)2)13(16)17-3/h4-8H,1-3H3. The summed E-state index contributed by atoms with van der Waals surface area (Å²) in [6.07, 6.45) is 1.67. The molecule has 4 nitrogen and oxygen atoms in total. The number of benzene rings is 1. The molecule has 2 rings (SSSR count). The highest BCUT2D eigenvalue weighted by molar-refractivity contribution is 5.87. The molecule has 0 spiro atoms. The van der Waals surface area contributed by atoms with E-state index in [1.54, 1.807) is 6.20 Å². The zero-order valence-electron chi connectivity index (χ0n) is 10.1. The molecule has 0 saturated heterocycles. The number of hydrogen-bond donors (Lipinski definition) is 0. The topological polar surface area (TPSA) is 44.1 Å². The Bertz CT molecular complexity index is 541. The number of aryl methyl sites for hydroxylation is 2. The summed E-state index contributed by atoms with van der Waals surface area (Å²) in [4.78, 5) is 15.6. The van der Waals surface area contributed by atoms with Crippen molar-refractivity contribution in [2.24, 2.45) is 7.05 Å². The number of esters is 1. The van der Waals surface area contributed by atoms with Crippen LogP contribution in [-0.4, -0.2) is 22.6 Å². The Kier molecular flexibility index (Phi) is 2.95. The number of imidazole rings is 1. The van der Waals surface area contributed by atoms with E-state index in [2.05, 4.69) is 9.72 Å². The fourth-order valence-electron chi connectivity index (χ4n) is 1.64. The van der Waals surface area contributed by atoms with Gasteiger partial charge in [0.15, 0.2) is 5.69 Å². The minimum atomic E-state index is -0.418. The van der Waals surface area contributed by atoms with Crippen molar-refractivity contribution in [3.63, 3.8) is 0 Å². The lowest BCUT2D eigenvalue weighted by Gasteiger charge is -2.01.